The number of phenolic OH excluding ortho intramolecular Hbond substituents is 1. The molecule has 0 atom stereocenters. The lowest BCUT2D eigenvalue weighted by Crippen LogP contribution is -2.14. The number of nitrogens with zero attached hydrogens (tertiary/aromatic N) is 3. The second-order valence-corrected chi connectivity index (χ2v) is 5.44. The summed E-state index contributed by atoms with van der Waals surface area (Å²) in [5, 5.41) is 16.4. The fourth-order valence-corrected chi connectivity index (χ4v) is 2.38. The quantitative estimate of drug-likeness (QED) is 0.777. The topological polar surface area (TPSA) is 79.5 Å². The standard InChI is InChI=1S/C16H14N4O2/c21-12-7-5-10(6-8-12)13-2-1-9-20-14(13)17-16(19-20)18-15(22)11-3-4-11/h1-2,5-9,11,21H,3-4H2,(H,18,19,22). The molecule has 6 nitrogen and oxygen atoms in total. The molecule has 2 N–H and O–H groups in total. The van der Waals surface area contributed by atoms with Crippen LogP contribution in [0.4, 0.5) is 5.95 Å². The number of anilines is 1. The summed E-state index contributed by atoms with van der Waals surface area (Å²) in [5.74, 6) is 0.642. The summed E-state index contributed by atoms with van der Waals surface area (Å²) in [6.07, 6.45) is 3.68. The highest BCUT2D eigenvalue weighted by atomic mass is 16.3. The highest BCUT2D eigenvalue weighted by molar-refractivity contribution is 5.93. The van der Waals surface area contributed by atoms with Gasteiger partial charge in [-0.2, -0.15) is 4.98 Å². The molecule has 1 aliphatic rings. The van der Waals surface area contributed by atoms with Gasteiger partial charge in [-0.25, -0.2) is 4.52 Å². The van der Waals surface area contributed by atoms with Crippen LogP contribution in [0, 0.1) is 5.92 Å². The molecule has 2 aromatic heterocycles. The number of aromatic hydroxyl groups is 1. The van der Waals surface area contributed by atoms with E-state index in [0.29, 0.717) is 11.6 Å². The molecule has 0 spiro atoms. The van der Waals surface area contributed by atoms with Crippen LogP contribution in [0.1, 0.15) is 12.8 Å². The number of amides is 1. The molecule has 0 aliphatic heterocycles. The number of carbonyl (C=O) groups excluding carboxylic acids is 1. The van der Waals surface area contributed by atoms with E-state index in [2.05, 4.69) is 15.4 Å². The number of phenols is 1. The van der Waals surface area contributed by atoms with Gasteiger partial charge in [0, 0.05) is 17.7 Å². The Hall–Kier alpha value is -2.89. The molecule has 1 aromatic carbocycles. The number of rotatable bonds is 3. The minimum absolute atomic E-state index is 0.0120. The molecule has 0 unspecified atom stereocenters. The molecule has 1 saturated carbocycles. The lowest BCUT2D eigenvalue weighted by molar-refractivity contribution is -0.117. The van der Waals surface area contributed by atoms with Crippen molar-refractivity contribution in [3.63, 3.8) is 0 Å². The lowest BCUT2D eigenvalue weighted by atomic mass is 10.1. The Bertz CT molecular complexity index is 850. The zero-order valence-corrected chi connectivity index (χ0v) is 11.7. The van der Waals surface area contributed by atoms with Gasteiger partial charge in [0.25, 0.3) is 0 Å². The van der Waals surface area contributed by atoms with Gasteiger partial charge in [-0.3, -0.25) is 10.1 Å². The molecular weight excluding hydrogens is 280 g/mol. The van der Waals surface area contributed by atoms with Crippen molar-refractivity contribution in [3.05, 3.63) is 42.6 Å². The summed E-state index contributed by atoms with van der Waals surface area (Å²) >= 11 is 0. The van der Waals surface area contributed by atoms with Crippen molar-refractivity contribution in [1.82, 2.24) is 14.6 Å². The van der Waals surface area contributed by atoms with Crippen LogP contribution in [0.25, 0.3) is 16.8 Å². The van der Waals surface area contributed by atoms with Crippen LogP contribution in [-0.2, 0) is 4.79 Å². The zero-order valence-electron chi connectivity index (χ0n) is 11.7. The Labute approximate surface area is 126 Å². The smallest absolute Gasteiger partial charge is 0.249 e. The van der Waals surface area contributed by atoms with Crippen molar-refractivity contribution in [3.8, 4) is 16.9 Å². The molecule has 6 heteroatoms. The minimum Gasteiger partial charge on any atom is -0.508 e. The first-order chi connectivity index (χ1) is 10.7. The number of carbonyl (C=O) groups is 1. The van der Waals surface area contributed by atoms with Gasteiger partial charge in [0.1, 0.15) is 5.75 Å². The third-order valence-electron chi connectivity index (χ3n) is 3.72. The molecule has 0 radical (unpaired) electrons. The van der Waals surface area contributed by atoms with E-state index in [1.54, 1.807) is 22.8 Å². The summed E-state index contributed by atoms with van der Waals surface area (Å²) in [7, 11) is 0. The van der Waals surface area contributed by atoms with Crippen LogP contribution in [0.15, 0.2) is 42.6 Å². The van der Waals surface area contributed by atoms with Gasteiger partial charge in [0.2, 0.25) is 11.9 Å². The first kappa shape index (κ1) is 12.8. The molecule has 1 amide bonds. The second-order valence-electron chi connectivity index (χ2n) is 5.44. The highest BCUT2D eigenvalue weighted by Gasteiger charge is 2.30. The zero-order chi connectivity index (χ0) is 15.1. The average Bonchev–Trinajstić information content (AvgIpc) is 3.28. The number of nitrogens with one attached hydrogen (secondary N) is 1. The van der Waals surface area contributed by atoms with Gasteiger partial charge >= 0.3 is 0 Å². The number of benzene rings is 1. The van der Waals surface area contributed by atoms with E-state index >= 15 is 0 Å². The monoisotopic (exact) mass is 294 g/mol. The van der Waals surface area contributed by atoms with Crippen molar-refractivity contribution >= 4 is 17.5 Å². The summed E-state index contributed by atoms with van der Waals surface area (Å²) < 4.78 is 1.64. The maximum absolute atomic E-state index is 11.8. The minimum atomic E-state index is -0.0120. The van der Waals surface area contributed by atoms with Crippen LogP contribution in [0.5, 0.6) is 5.75 Å². The SMILES string of the molecule is O=C(Nc1nc2c(-c3ccc(O)cc3)cccn2n1)C1CC1. The fourth-order valence-electron chi connectivity index (χ4n) is 2.38. The molecule has 110 valence electrons. The molecule has 2 heterocycles. The third-order valence-corrected chi connectivity index (χ3v) is 3.72. The fraction of sp³-hybridized carbons (Fsp3) is 0.188. The Morgan fingerprint density at radius 3 is 2.73 bits per heavy atom. The normalized spacial score (nSPS) is 14.2. The molecule has 4 rings (SSSR count). The largest absolute Gasteiger partial charge is 0.508 e. The van der Waals surface area contributed by atoms with Crippen molar-refractivity contribution in [2.45, 2.75) is 12.8 Å². The van der Waals surface area contributed by atoms with Crippen molar-refractivity contribution in [2.75, 3.05) is 5.32 Å². The van der Waals surface area contributed by atoms with Gasteiger partial charge in [-0.15, -0.1) is 5.10 Å². The van der Waals surface area contributed by atoms with Crippen molar-refractivity contribution in [1.29, 1.82) is 0 Å². The van der Waals surface area contributed by atoms with E-state index in [9.17, 15) is 9.90 Å². The molecule has 22 heavy (non-hydrogen) atoms. The van der Waals surface area contributed by atoms with Crippen LogP contribution in [-0.4, -0.2) is 25.6 Å². The van der Waals surface area contributed by atoms with E-state index < -0.39 is 0 Å². The van der Waals surface area contributed by atoms with Gasteiger partial charge in [0.15, 0.2) is 5.65 Å². The average molecular weight is 294 g/mol. The van der Waals surface area contributed by atoms with Crippen LogP contribution in [0.3, 0.4) is 0 Å². The molecule has 1 aliphatic carbocycles. The summed E-state index contributed by atoms with van der Waals surface area (Å²) in [5.41, 5.74) is 2.48. The summed E-state index contributed by atoms with van der Waals surface area (Å²) in [4.78, 5) is 16.2. The summed E-state index contributed by atoms with van der Waals surface area (Å²) in [6, 6.07) is 10.7. The van der Waals surface area contributed by atoms with Gasteiger partial charge < -0.3 is 5.11 Å². The lowest BCUT2D eigenvalue weighted by Gasteiger charge is -2.02. The Balaban J connectivity index is 1.74. The number of aromatic nitrogens is 3. The first-order valence-corrected chi connectivity index (χ1v) is 7.16. The van der Waals surface area contributed by atoms with E-state index in [-0.39, 0.29) is 17.6 Å². The van der Waals surface area contributed by atoms with Crippen molar-refractivity contribution in [2.24, 2.45) is 5.92 Å². The second kappa shape index (κ2) is 4.84. The highest BCUT2D eigenvalue weighted by Crippen LogP contribution is 2.30. The van der Waals surface area contributed by atoms with Gasteiger partial charge in [0.05, 0.1) is 0 Å². The number of hydrogen-bond donors (Lipinski definition) is 2. The molecule has 0 bridgehead atoms. The predicted molar refractivity (Wildman–Crippen MR) is 81.4 cm³/mol. The number of hydrogen-bond acceptors (Lipinski definition) is 4. The van der Waals surface area contributed by atoms with Gasteiger partial charge in [-0.05, 0) is 42.7 Å². The Morgan fingerprint density at radius 2 is 2.00 bits per heavy atom. The maximum Gasteiger partial charge on any atom is 0.249 e. The number of fused-ring (bicyclic) bond motifs is 1. The third kappa shape index (κ3) is 2.28. The predicted octanol–water partition coefficient (Wildman–Crippen LogP) is 2.45. The van der Waals surface area contributed by atoms with E-state index in [1.807, 2.05) is 24.3 Å². The number of pyridine rings is 1. The van der Waals surface area contributed by atoms with E-state index in [4.69, 9.17) is 0 Å². The van der Waals surface area contributed by atoms with Crippen LogP contribution >= 0.6 is 0 Å². The van der Waals surface area contributed by atoms with E-state index in [0.717, 1.165) is 24.0 Å². The van der Waals surface area contributed by atoms with E-state index in [1.165, 1.54) is 0 Å². The van der Waals surface area contributed by atoms with Gasteiger partial charge in [-0.1, -0.05) is 12.1 Å². The molecule has 3 aromatic rings. The first-order valence-electron chi connectivity index (χ1n) is 7.16. The maximum atomic E-state index is 11.8. The summed E-state index contributed by atoms with van der Waals surface area (Å²) in [6.45, 7) is 0. The van der Waals surface area contributed by atoms with Crippen LogP contribution < -0.4 is 5.32 Å². The Kier molecular flexibility index (Phi) is 2.82. The Morgan fingerprint density at radius 1 is 1.23 bits per heavy atom. The molecule has 0 saturated heterocycles. The van der Waals surface area contributed by atoms with Crippen molar-refractivity contribution < 1.29 is 9.90 Å². The van der Waals surface area contributed by atoms with Crippen LogP contribution in [0.2, 0.25) is 0 Å². The molecular formula is C16H14N4O2. The molecule has 1 fully saturated rings.